The van der Waals surface area contributed by atoms with E-state index < -0.39 is 0 Å². The van der Waals surface area contributed by atoms with Crippen LogP contribution in [0, 0.1) is 0 Å². The number of aliphatic hydroxyl groups excluding tert-OH is 1. The predicted octanol–water partition coefficient (Wildman–Crippen LogP) is 2.16. The van der Waals surface area contributed by atoms with Gasteiger partial charge in [-0.1, -0.05) is 18.2 Å². The number of nitrogens with one attached hydrogen (secondary N) is 1. The van der Waals surface area contributed by atoms with Crippen molar-refractivity contribution in [1.82, 2.24) is 5.32 Å². The number of hydrogen-bond acceptors (Lipinski definition) is 4. The molecule has 1 heterocycles. The summed E-state index contributed by atoms with van der Waals surface area (Å²) in [5.74, 6) is 0.862. The second-order valence-corrected chi connectivity index (χ2v) is 6.28. The Hall–Kier alpha value is -1.10. The van der Waals surface area contributed by atoms with E-state index in [9.17, 15) is 10.2 Å². The summed E-state index contributed by atoms with van der Waals surface area (Å²) in [5, 5.41) is 23.0. The molecule has 0 aromatic heterocycles. The maximum absolute atomic E-state index is 9.94. The molecule has 0 unspecified atom stereocenters. The van der Waals surface area contributed by atoms with Crippen molar-refractivity contribution in [3.8, 4) is 5.75 Å². The Morgan fingerprint density at radius 1 is 1.10 bits per heavy atom. The van der Waals surface area contributed by atoms with Crippen molar-refractivity contribution in [2.24, 2.45) is 0 Å². The molecule has 4 nitrogen and oxygen atoms in total. The molecule has 0 spiro atoms. The molecule has 2 atom stereocenters. The van der Waals surface area contributed by atoms with Crippen LogP contribution in [0.5, 0.6) is 5.75 Å². The number of phenols is 1. The van der Waals surface area contributed by atoms with Gasteiger partial charge < -0.3 is 20.3 Å². The summed E-state index contributed by atoms with van der Waals surface area (Å²) in [6.07, 6.45) is 5.04. The molecule has 3 rings (SSSR count). The van der Waals surface area contributed by atoms with Crippen LogP contribution in [0.25, 0.3) is 0 Å². The second kappa shape index (κ2) is 6.77. The van der Waals surface area contributed by atoms with Crippen LogP contribution in [0.3, 0.4) is 0 Å². The van der Waals surface area contributed by atoms with Gasteiger partial charge in [-0.3, -0.25) is 0 Å². The summed E-state index contributed by atoms with van der Waals surface area (Å²) in [6, 6.07) is 7.75. The molecule has 3 N–H and O–H groups in total. The molecule has 1 aromatic carbocycles. The smallest absolute Gasteiger partial charge is 0.119 e. The Labute approximate surface area is 126 Å². The number of rotatable bonds is 4. The molecule has 0 amide bonds. The molecule has 0 radical (unpaired) electrons. The molecule has 0 bridgehead atoms. The second-order valence-electron chi connectivity index (χ2n) is 6.28. The van der Waals surface area contributed by atoms with Crippen LogP contribution in [0.4, 0.5) is 0 Å². The lowest BCUT2D eigenvalue weighted by atomic mass is 9.82. The minimum Gasteiger partial charge on any atom is -0.508 e. The van der Waals surface area contributed by atoms with Gasteiger partial charge in [0.2, 0.25) is 0 Å². The number of ether oxygens (including phenoxy) is 1. The molecule has 1 aliphatic heterocycles. The topological polar surface area (TPSA) is 61.7 Å². The van der Waals surface area contributed by atoms with Crippen LogP contribution >= 0.6 is 0 Å². The minimum atomic E-state index is -0.261. The van der Waals surface area contributed by atoms with Crippen molar-refractivity contribution >= 4 is 0 Å². The SMILES string of the molecule is Oc1ccccc1[C@H]1CC[C@@H](OC[C@@H]2NCC[C@H]2O)CC1. The van der Waals surface area contributed by atoms with E-state index in [0.29, 0.717) is 24.4 Å². The van der Waals surface area contributed by atoms with Crippen LogP contribution in [0.1, 0.15) is 43.6 Å². The lowest BCUT2D eigenvalue weighted by Gasteiger charge is -2.30. The highest BCUT2D eigenvalue weighted by molar-refractivity contribution is 5.35. The van der Waals surface area contributed by atoms with E-state index in [1.54, 1.807) is 6.07 Å². The Morgan fingerprint density at radius 2 is 1.86 bits per heavy atom. The number of hydrogen-bond donors (Lipinski definition) is 3. The summed E-state index contributed by atoms with van der Waals surface area (Å²) in [7, 11) is 0. The lowest BCUT2D eigenvalue weighted by molar-refractivity contribution is -0.00255. The molecule has 1 saturated heterocycles. The summed E-state index contributed by atoms with van der Waals surface area (Å²) in [6.45, 7) is 1.49. The zero-order valence-electron chi connectivity index (χ0n) is 12.4. The van der Waals surface area contributed by atoms with Gasteiger partial charge in [0.25, 0.3) is 0 Å². The largest absolute Gasteiger partial charge is 0.508 e. The Morgan fingerprint density at radius 3 is 2.52 bits per heavy atom. The molecule has 4 heteroatoms. The zero-order valence-corrected chi connectivity index (χ0v) is 12.4. The highest BCUT2D eigenvalue weighted by Crippen LogP contribution is 2.37. The number of aromatic hydroxyl groups is 1. The fourth-order valence-corrected chi connectivity index (χ4v) is 3.54. The molecule has 2 aliphatic rings. The molecular formula is C17H25NO3. The van der Waals surface area contributed by atoms with E-state index in [0.717, 1.165) is 44.2 Å². The monoisotopic (exact) mass is 291 g/mol. The molecular weight excluding hydrogens is 266 g/mol. The minimum absolute atomic E-state index is 0.0980. The van der Waals surface area contributed by atoms with Gasteiger partial charge in [0.1, 0.15) is 5.75 Å². The summed E-state index contributed by atoms with van der Waals surface area (Å²) in [4.78, 5) is 0. The third-order valence-electron chi connectivity index (χ3n) is 4.87. The van der Waals surface area contributed by atoms with Crippen molar-refractivity contribution in [2.45, 2.75) is 56.3 Å². The van der Waals surface area contributed by atoms with Crippen molar-refractivity contribution in [1.29, 1.82) is 0 Å². The van der Waals surface area contributed by atoms with E-state index in [2.05, 4.69) is 5.32 Å². The van der Waals surface area contributed by atoms with Crippen molar-refractivity contribution < 1.29 is 14.9 Å². The van der Waals surface area contributed by atoms with Gasteiger partial charge in [-0.25, -0.2) is 0 Å². The first-order chi connectivity index (χ1) is 10.2. The number of para-hydroxylation sites is 1. The normalized spacial score (nSPS) is 33.2. The number of phenolic OH excluding ortho intramolecular Hbond substituents is 1. The van der Waals surface area contributed by atoms with Crippen molar-refractivity contribution in [2.75, 3.05) is 13.2 Å². The zero-order chi connectivity index (χ0) is 14.7. The highest BCUT2D eigenvalue weighted by atomic mass is 16.5. The van der Waals surface area contributed by atoms with Crippen LogP contribution < -0.4 is 5.32 Å². The average Bonchev–Trinajstić information content (AvgIpc) is 2.92. The van der Waals surface area contributed by atoms with Gasteiger partial charge in [0, 0.05) is 0 Å². The first-order valence-electron chi connectivity index (χ1n) is 8.05. The molecule has 116 valence electrons. The molecule has 1 aromatic rings. The standard InChI is InChI=1S/C17H25NO3/c19-16-4-2-1-3-14(16)12-5-7-13(8-6-12)21-11-15-17(20)9-10-18-15/h1-4,12-13,15,17-20H,5-11H2/t12-,13+,15-,17+/m0/s1. The average molecular weight is 291 g/mol. The van der Waals surface area contributed by atoms with Crippen molar-refractivity contribution in [3.63, 3.8) is 0 Å². The maximum atomic E-state index is 9.94. The summed E-state index contributed by atoms with van der Waals surface area (Å²) in [5.41, 5.74) is 1.07. The summed E-state index contributed by atoms with van der Waals surface area (Å²) >= 11 is 0. The molecule has 1 saturated carbocycles. The molecule has 21 heavy (non-hydrogen) atoms. The van der Waals surface area contributed by atoms with Gasteiger partial charge >= 0.3 is 0 Å². The van der Waals surface area contributed by atoms with Gasteiger partial charge in [-0.15, -0.1) is 0 Å². The number of aliphatic hydroxyl groups is 1. The van der Waals surface area contributed by atoms with E-state index >= 15 is 0 Å². The van der Waals surface area contributed by atoms with Gasteiger partial charge in [0.05, 0.1) is 24.9 Å². The third-order valence-corrected chi connectivity index (χ3v) is 4.87. The van der Waals surface area contributed by atoms with E-state index in [4.69, 9.17) is 4.74 Å². The van der Waals surface area contributed by atoms with Gasteiger partial charge in [-0.05, 0) is 56.2 Å². The maximum Gasteiger partial charge on any atom is 0.119 e. The Bertz CT molecular complexity index is 457. The fraction of sp³-hybridized carbons (Fsp3) is 0.647. The summed E-state index contributed by atoms with van der Waals surface area (Å²) < 4.78 is 5.97. The van der Waals surface area contributed by atoms with Crippen LogP contribution in [-0.2, 0) is 4.74 Å². The quantitative estimate of drug-likeness (QED) is 0.795. The van der Waals surface area contributed by atoms with Crippen LogP contribution in [-0.4, -0.2) is 41.6 Å². The first kappa shape index (κ1) is 14.8. The van der Waals surface area contributed by atoms with Gasteiger partial charge in [0.15, 0.2) is 0 Å². The fourth-order valence-electron chi connectivity index (χ4n) is 3.54. The van der Waals surface area contributed by atoms with Crippen LogP contribution in [0.2, 0.25) is 0 Å². The lowest BCUT2D eigenvalue weighted by Crippen LogP contribution is -2.37. The molecule has 2 fully saturated rings. The Kier molecular flexibility index (Phi) is 4.78. The highest BCUT2D eigenvalue weighted by Gasteiger charge is 2.28. The van der Waals surface area contributed by atoms with Crippen LogP contribution in [0.15, 0.2) is 24.3 Å². The third kappa shape index (κ3) is 3.57. The van der Waals surface area contributed by atoms with E-state index in [1.807, 2.05) is 18.2 Å². The van der Waals surface area contributed by atoms with Crippen molar-refractivity contribution in [3.05, 3.63) is 29.8 Å². The van der Waals surface area contributed by atoms with E-state index in [1.165, 1.54) is 0 Å². The first-order valence-corrected chi connectivity index (χ1v) is 8.05. The number of benzene rings is 1. The predicted molar refractivity (Wildman–Crippen MR) is 81.5 cm³/mol. The van der Waals surface area contributed by atoms with Gasteiger partial charge in [-0.2, -0.15) is 0 Å². The molecule has 1 aliphatic carbocycles. The van der Waals surface area contributed by atoms with E-state index in [-0.39, 0.29) is 12.1 Å². The Balaban J connectivity index is 1.46.